The topological polar surface area (TPSA) is 43.8 Å². The largest absolute Gasteiger partial charge is 0.383 e. The van der Waals surface area contributed by atoms with Gasteiger partial charge >= 0.3 is 0 Å². The van der Waals surface area contributed by atoms with Gasteiger partial charge in [-0.2, -0.15) is 5.10 Å². The van der Waals surface area contributed by atoms with E-state index in [9.17, 15) is 4.39 Å². The van der Waals surface area contributed by atoms with Crippen LogP contribution in [-0.4, -0.2) is 9.78 Å². The molecule has 1 aromatic carbocycles. The van der Waals surface area contributed by atoms with E-state index < -0.39 is 5.82 Å². The molecule has 2 rings (SSSR count). The van der Waals surface area contributed by atoms with Crippen LogP contribution in [0.25, 0.3) is 11.1 Å². The number of aryl methyl sites for hydroxylation is 2. The number of aromatic nitrogens is 2. The zero-order valence-corrected chi connectivity index (χ0v) is 10.6. The van der Waals surface area contributed by atoms with Crippen LogP contribution in [0.4, 0.5) is 10.2 Å². The van der Waals surface area contributed by atoms with E-state index >= 15 is 0 Å². The zero-order valence-electron chi connectivity index (χ0n) is 9.88. The maximum atomic E-state index is 14.1. The van der Waals surface area contributed by atoms with Crippen molar-refractivity contribution in [1.82, 2.24) is 9.78 Å². The molecule has 0 amide bonds. The summed E-state index contributed by atoms with van der Waals surface area (Å²) >= 11 is 5.86. The summed E-state index contributed by atoms with van der Waals surface area (Å²) in [5.41, 5.74) is 8.62. The maximum Gasteiger partial charge on any atom is 0.150 e. The van der Waals surface area contributed by atoms with Crippen LogP contribution in [-0.2, 0) is 7.05 Å². The summed E-state index contributed by atoms with van der Waals surface area (Å²) in [6.07, 6.45) is 1.55. The van der Waals surface area contributed by atoms with Crippen molar-refractivity contribution in [1.29, 1.82) is 0 Å². The summed E-state index contributed by atoms with van der Waals surface area (Å²) in [5, 5.41) is 4.12. The first kappa shape index (κ1) is 11.9. The number of halogens is 2. The molecule has 0 aliphatic carbocycles. The van der Waals surface area contributed by atoms with Crippen LogP contribution in [0.5, 0.6) is 0 Å². The number of nitrogens with two attached hydrogens (primary N) is 1. The Bertz CT molecular complexity index is 564. The quantitative estimate of drug-likeness (QED) is 0.849. The van der Waals surface area contributed by atoms with Gasteiger partial charge in [0.25, 0.3) is 0 Å². The molecule has 3 nitrogen and oxygen atoms in total. The van der Waals surface area contributed by atoms with Gasteiger partial charge in [-0.1, -0.05) is 11.6 Å². The van der Waals surface area contributed by atoms with Crippen LogP contribution in [0.2, 0.25) is 5.02 Å². The molecule has 2 aromatic rings. The van der Waals surface area contributed by atoms with Crippen molar-refractivity contribution in [3.8, 4) is 11.1 Å². The van der Waals surface area contributed by atoms with Crippen molar-refractivity contribution in [2.75, 3.05) is 5.73 Å². The lowest BCUT2D eigenvalue weighted by Gasteiger charge is -2.11. The predicted octanol–water partition coefficient (Wildman–Crippen LogP) is 3.08. The van der Waals surface area contributed by atoms with Crippen LogP contribution in [0.3, 0.4) is 0 Å². The first-order chi connectivity index (χ1) is 7.93. The number of anilines is 1. The van der Waals surface area contributed by atoms with E-state index in [1.165, 1.54) is 4.68 Å². The lowest BCUT2D eigenvalue weighted by Crippen LogP contribution is -2.00. The van der Waals surface area contributed by atoms with Crippen molar-refractivity contribution < 1.29 is 4.39 Å². The van der Waals surface area contributed by atoms with Crippen LogP contribution in [0.15, 0.2) is 12.3 Å². The summed E-state index contributed by atoms with van der Waals surface area (Å²) in [5.74, 6) is -0.0249. The molecular formula is C12H13ClFN3. The van der Waals surface area contributed by atoms with Gasteiger partial charge in [0.1, 0.15) is 11.6 Å². The molecule has 5 heteroatoms. The fourth-order valence-corrected chi connectivity index (χ4v) is 2.06. The highest BCUT2D eigenvalue weighted by Gasteiger charge is 2.18. The van der Waals surface area contributed by atoms with E-state index in [0.717, 1.165) is 11.1 Å². The number of nitrogen functional groups attached to an aromatic ring is 1. The van der Waals surface area contributed by atoms with Crippen molar-refractivity contribution >= 4 is 17.4 Å². The molecule has 2 N–H and O–H groups in total. The highest BCUT2D eigenvalue weighted by atomic mass is 35.5. The Morgan fingerprint density at radius 2 is 2.06 bits per heavy atom. The summed E-state index contributed by atoms with van der Waals surface area (Å²) in [7, 11) is 1.71. The Labute approximate surface area is 104 Å². The van der Waals surface area contributed by atoms with Gasteiger partial charge in [0.05, 0.1) is 11.2 Å². The molecule has 0 fully saturated rings. The van der Waals surface area contributed by atoms with E-state index in [0.29, 0.717) is 16.9 Å². The SMILES string of the molecule is Cc1cc(Cl)c(F)c(-c2cnn(C)c2N)c1C. The van der Waals surface area contributed by atoms with Crippen molar-refractivity contribution in [2.24, 2.45) is 7.05 Å². The lowest BCUT2D eigenvalue weighted by atomic mass is 9.98. The predicted molar refractivity (Wildman–Crippen MR) is 67.5 cm³/mol. The monoisotopic (exact) mass is 253 g/mol. The molecule has 1 heterocycles. The van der Waals surface area contributed by atoms with Crippen LogP contribution in [0.1, 0.15) is 11.1 Å². The second-order valence-corrected chi connectivity index (χ2v) is 4.46. The van der Waals surface area contributed by atoms with Crippen LogP contribution >= 0.6 is 11.6 Å². The average molecular weight is 254 g/mol. The fourth-order valence-electron chi connectivity index (χ4n) is 1.80. The summed E-state index contributed by atoms with van der Waals surface area (Å²) in [4.78, 5) is 0. The minimum atomic E-state index is -0.450. The molecule has 0 saturated heterocycles. The van der Waals surface area contributed by atoms with E-state index in [4.69, 9.17) is 17.3 Å². The van der Waals surface area contributed by atoms with Crippen molar-refractivity contribution in [3.63, 3.8) is 0 Å². The van der Waals surface area contributed by atoms with Gasteiger partial charge in [0, 0.05) is 18.2 Å². The second-order valence-electron chi connectivity index (χ2n) is 4.06. The fraction of sp³-hybridized carbons (Fsp3) is 0.250. The van der Waals surface area contributed by atoms with Gasteiger partial charge in [-0.3, -0.25) is 4.68 Å². The van der Waals surface area contributed by atoms with Gasteiger partial charge in [-0.05, 0) is 31.0 Å². The third-order valence-corrected chi connectivity index (χ3v) is 3.27. The second kappa shape index (κ2) is 4.04. The van der Waals surface area contributed by atoms with Crippen LogP contribution in [0, 0.1) is 19.7 Å². The molecule has 0 unspecified atom stereocenters. The van der Waals surface area contributed by atoms with Gasteiger partial charge in [0.2, 0.25) is 0 Å². The molecule has 0 saturated carbocycles. The molecular weight excluding hydrogens is 241 g/mol. The molecule has 0 aliphatic heterocycles. The molecule has 0 aliphatic rings. The summed E-state index contributed by atoms with van der Waals surface area (Å²) < 4.78 is 15.6. The van der Waals surface area contributed by atoms with Crippen molar-refractivity contribution in [2.45, 2.75) is 13.8 Å². The molecule has 1 aromatic heterocycles. The van der Waals surface area contributed by atoms with Gasteiger partial charge in [0.15, 0.2) is 0 Å². The minimum absolute atomic E-state index is 0.103. The Hall–Kier alpha value is -1.55. The Balaban J connectivity index is 2.79. The Morgan fingerprint density at radius 3 is 2.59 bits per heavy atom. The number of nitrogens with zero attached hydrogens (tertiary/aromatic N) is 2. The third kappa shape index (κ3) is 1.78. The molecule has 0 spiro atoms. The number of rotatable bonds is 1. The zero-order chi connectivity index (χ0) is 12.7. The Kier molecular flexibility index (Phi) is 2.83. The summed E-state index contributed by atoms with van der Waals surface area (Å²) in [6, 6.07) is 1.61. The average Bonchev–Trinajstić information content (AvgIpc) is 2.59. The molecule has 17 heavy (non-hydrogen) atoms. The van der Waals surface area contributed by atoms with Gasteiger partial charge in [-0.15, -0.1) is 0 Å². The first-order valence-electron chi connectivity index (χ1n) is 5.16. The highest BCUT2D eigenvalue weighted by molar-refractivity contribution is 6.31. The lowest BCUT2D eigenvalue weighted by molar-refractivity contribution is 0.630. The summed E-state index contributed by atoms with van der Waals surface area (Å²) in [6.45, 7) is 3.73. The molecule has 0 bridgehead atoms. The smallest absolute Gasteiger partial charge is 0.150 e. The first-order valence-corrected chi connectivity index (χ1v) is 5.54. The van der Waals surface area contributed by atoms with E-state index in [-0.39, 0.29) is 5.02 Å². The Morgan fingerprint density at radius 1 is 1.41 bits per heavy atom. The van der Waals surface area contributed by atoms with Crippen molar-refractivity contribution in [3.05, 3.63) is 34.2 Å². The van der Waals surface area contributed by atoms with E-state index in [2.05, 4.69) is 5.10 Å². The number of hydrogen-bond donors (Lipinski definition) is 1. The standard InChI is InChI=1S/C12H13ClFN3/c1-6-4-9(13)11(14)10(7(6)2)8-5-16-17(3)12(8)15/h4-5H,15H2,1-3H3. The maximum absolute atomic E-state index is 14.1. The molecule has 0 atom stereocenters. The molecule has 90 valence electrons. The molecule has 0 radical (unpaired) electrons. The van der Waals surface area contributed by atoms with Crippen LogP contribution < -0.4 is 5.73 Å². The minimum Gasteiger partial charge on any atom is -0.383 e. The van der Waals surface area contributed by atoms with Gasteiger partial charge < -0.3 is 5.73 Å². The third-order valence-electron chi connectivity index (χ3n) is 2.99. The number of hydrogen-bond acceptors (Lipinski definition) is 2. The number of benzene rings is 1. The van der Waals surface area contributed by atoms with E-state index in [1.54, 1.807) is 19.3 Å². The van der Waals surface area contributed by atoms with E-state index in [1.807, 2.05) is 13.8 Å². The highest BCUT2D eigenvalue weighted by Crippen LogP contribution is 2.35. The van der Waals surface area contributed by atoms with Gasteiger partial charge in [-0.25, -0.2) is 4.39 Å². The normalized spacial score (nSPS) is 10.9.